The molecule has 0 saturated heterocycles. The van der Waals surface area contributed by atoms with Crippen LogP contribution in [0.5, 0.6) is 0 Å². The molecule has 1 aromatic carbocycles. The molecule has 0 unspecified atom stereocenters. The van der Waals surface area contributed by atoms with E-state index in [1.54, 1.807) is 24.3 Å². The maximum Gasteiger partial charge on any atom is 0.323 e. The Bertz CT molecular complexity index is 420. The number of nitrogens with zero attached hydrogens (tertiary/aromatic N) is 1. The molecular formula is C12H15ClN2O3. The summed E-state index contributed by atoms with van der Waals surface area (Å²) in [6, 6.07) is 6.46. The minimum Gasteiger partial charge on any atom is -0.480 e. The van der Waals surface area contributed by atoms with E-state index in [0.29, 0.717) is 23.7 Å². The van der Waals surface area contributed by atoms with Crippen LogP contribution < -0.4 is 10.6 Å². The second-order valence-electron chi connectivity index (χ2n) is 3.74. The molecule has 0 saturated carbocycles. The van der Waals surface area contributed by atoms with Crippen molar-refractivity contribution in [2.24, 2.45) is 5.73 Å². The van der Waals surface area contributed by atoms with Gasteiger partial charge in [-0.1, -0.05) is 11.6 Å². The fraction of sp³-hybridized carbons (Fsp3) is 0.333. The summed E-state index contributed by atoms with van der Waals surface area (Å²) in [5, 5.41) is 9.36. The number of carboxylic acid groups (broad SMARTS) is 1. The second kappa shape index (κ2) is 6.98. The van der Waals surface area contributed by atoms with Gasteiger partial charge in [0.1, 0.15) is 6.54 Å². The summed E-state index contributed by atoms with van der Waals surface area (Å²) in [5.74, 6) is -1.32. The number of amides is 1. The Kier molecular flexibility index (Phi) is 5.61. The highest BCUT2D eigenvalue weighted by molar-refractivity contribution is 6.30. The Balaban J connectivity index is 2.86. The number of benzene rings is 1. The maximum atomic E-state index is 11.9. The van der Waals surface area contributed by atoms with E-state index in [4.69, 9.17) is 22.4 Å². The van der Waals surface area contributed by atoms with Crippen LogP contribution in [-0.2, 0) is 9.59 Å². The SMILES string of the molecule is NCCCC(=O)N(CC(=O)O)c1ccc(Cl)cc1. The summed E-state index contributed by atoms with van der Waals surface area (Å²) in [7, 11) is 0. The zero-order valence-corrected chi connectivity index (χ0v) is 10.6. The van der Waals surface area contributed by atoms with Gasteiger partial charge in [0.2, 0.25) is 5.91 Å². The predicted octanol–water partition coefficient (Wildman–Crippen LogP) is 1.50. The van der Waals surface area contributed by atoms with Gasteiger partial charge in [-0.2, -0.15) is 0 Å². The topological polar surface area (TPSA) is 83.6 Å². The molecule has 0 atom stereocenters. The molecule has 0 aromatic heterocycles. The highest BCUT2D eigenvalue weighted by Gasteiger charge is 2.18. The van der Waals surface area contributed by atoms with E-state index in [9.17, 15) is 9.59 Å². The number of carboxylic acids is 1. The molecule has 3 N–H and O–H groups in total. The fourth-order valence-electron chi connectivity index (χ4n) is 1.47. The van der Waals surface area contributed by atoms with Crippen LogP contribution in [0.15, 0.2) is 24.3 Å². The Hall–Kier alpha value is -1.59. The third kappa shape index (κ3) is 4.35. The van der Waals surface area contributed by atoms with Gasteiger partial charge in [-0.3, -0.25) is 9.59 Å². The van der Waals surface area contributed by atoms with E-state index in [1.807, 2.05) is 0 Å². The number of carbonyl (C=O) groups is 2. The van der Waals surface area contributed by atoms with E-state index >= 15 is 0 Å². The first-order chi connectivity index (χ1) is 8.54. The van der Waals surface area contributed by atoms with Crippen LogP contribution in [0.4, 0.5) is 5.69 Å². The Labute approximate surface area is 110 Å². The van der Waals surface area contributed by atoms with Gasteiger partial charge < -0.3 is 15.7 Å². The lowest BCUT2D eigenvalue weighted by atomic mass is 10.2. The third-order valence-electron chi connectivity index (χ3n) is 2.33. The summed E-state index contributed by atoms with van der Waals surface area (Å²) in [4.78, 5) is 23.9. The van der Waals surface area contributed by atoms with Gasteiger partial charge in [-0.25, -0.2) is 0 Å². The minimum atomic E-state index is -1.06. The van der Waals surface area contributed by atoms with Crippen molar-refractivity contribution in [2.75, 3.05) is 18.0 Å². The lowest BCUT2D eigenvalue weighted by Crippen LogP contribution is -2.35. The molecule has 0 spiro atoms. The molecule has 5 nitrogen and oxygen atoms in total. The lowest BCUT2D eigenvalue weighted by Gasteiger charge is -2.20. The molecule has 98 valence electrons. The smallest absolute Gasteiger partial charge is 0.323 e. The van der Waals surface area contributed by atoms with Crippen LogP contribution in [0, 0.1) is 0 Å². The van der Waals surface area contributed by atoms with Crippen LogP contribution in [0.2, 0.25) is 5.02 Å². The summed E-state index contributed by atoms with van der Waals surface area (Å²) in [5.41, 5.74) is 5.85. The minimum absolute atomic E-state index is 0.229. The van der Waals surface area contributed by atoms with Crippen molar-refractivity contribution in [3.63, 3.8) is 0 Å². The van der Waals surface area contributed by atoms with Gasteiger partial charge in [-0.05, 0) is 37.2 Å². The molecule has 0 aliphatic carbocycles. The predicted molar refractivity (Wildman–Crippen MR) is 69.7 cm³/mol. The van der Waals surface area contributed by atoms with Crippen LogP contribution in [-0.4, -0.2) is 30.1 Å². The van der Waals surface area contributed by atoms with Gasteiger partial charge in [-0.15, -0.1) is 0 Å². The van der Waals surface area contributed by atoms with Crippen LogP contribution >= 0.6 is 11.6 Å². The number of hydrogen-bond acceptors (Lipinski definition) is 3. The number of rotatable bonds is 6. The molecule has 0 aliphatic heterocycles. The molecule has 0 bridgehead atoms. The largest absolute Gasteiger partial charge is 0.480 e. The van der Waals surface area contributed by atoms with Crippen molar-refractivity contribution in [2.45, 2.75) is 12.8 Å². The highest BCUT2D eigenvalue weighted by Crippen LogP contribution is 2.19. The van der Waals surface area contributed by atoms with Crippen LogP contribution in [0.3, 0.4) is 0 Å². The number of nitrogens with two attached hydrogens (primary N) is 1. The zero-order valence-electron chi connectivity index (χ0n) is 9.80. The van der Waals surface area contributed by atoms with Gasteiger partial charge in [0, 0.05) is 17.1 Å². The number of carbonyl (C=O) groups excluding carboxylic acids is 1. The van der Waals surface area contributed by atoms with Crippen LogP contribution in [0.25, 0.3) is 0 Å². The van der Waals surface area contributed by atoms with Crippen molar-refractivity contribution in [1.29, 1.82) is 0 Å². The number of aliphatic carboxylic acids is 1. The first-order valence-electron chi connectivity index (χ1n) is 5.52. The number of hydrogen-bond donors (Lipinski definition) is 2. The monoisotopic (exact) mass is 270 g/mol. The second-order valence-corrected chi connectivity index (χ2v) is 4.18. The van der Waals surface area contributed by atoms with Gasteiger partial charge >= 0.3 is 5.97 Å². The molecular weight excluding hydrogens is 256 g/mol. The van der Waals surface area contributed by atoms with Gasteiger partial charge in [0.05, 0.1) is 0 Å². The molecule has 0 aliphatic rings. The fourth-order valence-corrected chi connectivity index (χ4v) is 1.59. The van der Waals surface area contributed by atoms with E-state index in [1.165, 1.54) is 4.90 Å². The summed E-state index contributed by atoms with van der Waals surface area (Å²) in [6.45, 7) is 0.0261. The van der Waals surface area contributed by atoms with Gasteiger partial charge in [0.25, 0.3) is 0 Å². The molecule has 1 amide bonds. The van der Waals surface area contributed by atoms with E-state index in [2.05, 4.69) is 0 Å². The molecule has 1 rings (SSSR count). The van der Waals surface area contributed by atoms with E-state index in [0.717, 1.165) is 0 Å². The normalized spacial score (nSPS) is 10.1. The third-order valence-corrected chi connectivity index (χ3v) is 2.58. The van der Waals surface area contributed by atoms with Crippen molar-refractivity contribution < 1.29 is 14.7 Å². The van der Waals surface area contributed by atoms with Crippen molar-refractivity contribution in [3.05, 3.63) is 29.3 Å². The van der Waals surface area contributed by atoms with Crippen molar-refractivity contribution in [3.8, 4) is 0 Å². The summed E-state index contributed by atoms with van der Waals surface area (Å²) in [6.07, 6.45) is 0.759. The number of halogens is 1. The summed E-state index contributed by atoms with van der Waals surface area (Å²) < 4.78 is 0. The average molecular weight is 271 g/mol. The average Bonchev–Trinajstić information content (AvgIpc) is 2.34. The van der Waals surface area contributed by atoms with Crippen molar-refractivity contribution in [1.82, 2.24) is 0 Å². The standard InChI is InChI=1S/C12H15ClN2O3/c13-9-3-5-10(6-4-9)15(8-12(17)18)11(16)2-1-7-14/h3-6H,1-2,7-8,14H2,(H,17,18). The Morgan fingerprint density at radius 1 is 1.28 bits per heavy atom. The Morgan fingerprint density at radius 2 is 1.89 bits per heavy atom. The lowest BCUT2D eigenvalue weighted by molar-refractivity contribution is -0.136. The molecule has 18 heavy (non-hydrogen) atoms. The van der Waals surface area contributed by atoms with E-state index in [-0.39, 0.29) is 18.9 Å². The molecule has 0 radical (unpaired) electrons. The highest BCUT2D eigenvalue weighted by atomic mass is 35.5. The first-order valence-corrected chi connectivity index (χ1v) is 5.90. The maximum absolute atomic E-state index is 11.9. The molecule has 0 heterocycles. The first kappa shape index (κ1) is 14.5. The zero-order chi connectivity index (χ0) is 13.5. The Morgan fingerprint density at radius 3 is 2.39 bits per heavy atom. The molecule has 6 heteroatoms. The van der Waals surface area contributed by atoms with Gasteiger partial charge in [0.15, 0.2) is 0 Å². The molecule has 1 aromatic rings. The number of anilines is 1. The quantitative estimate of drug-likeness (QED) is 0.820. The van der Waals surface area contributed by atoms with Crippen LogP contribution in [0.1, 0.15) is 12.8 Å². The summed E-state index contributed by atoms with van der Waals surface area (Å²) >= 11 is 5.75. The van der Waals surface area contributed by atoms with E-state index < -0.39 is 5.97 Å². The molecule has 0 fully saturated rings. The van der Waals surface area contributed by atoms with Crippen molar-refractivity contribution >= 4 is 29.2 Å².